The van der Waals surface area contributed by atoms with E-state index in [0.29, 0.717) is 82.4 Å². The van der Waals surface area contributed by atoms with E-state index in [0.717, 1.165) is 27.2 Å². The van der Waals surface area contributed by atoms with Crippen molar-refractivity contribution in [3.05, 3.63) is 124 Å². The van der Waals surface area contributed by atoms with Gasteiger partial charge in [-0.05, 0) is 110 Å². The van der Waals surface area contributed by atoms with Crippen molar-refractivity contribution < 1.29 is 86.3 Å². The van der Waals surface area contributed by atoms with Crippen LogP contribution in [0.5, 0.6) is 0 Å². The maximum Gasteiger partial charge on any atom is 0.410 e. The lowest BCUT2D eigenvalue weighted by molar-refractivity contribution is -0.148. The molecule has 8 N–H and O–H groups in total. The minimum absolute atomic E-state index is 0.000627. The van der Waals surface area contributed by atoms with E-state index in [9.17, 15) is 52.7 Å². The smallest absolute Gasteiger partial charge is 0.410 e. The second-order valence-electron chi connectivity index (χ2n) is 34.1. The first-order chi connectivity index (χ1) is 59.7. The number of nitrogens with zero attached hydrogens (tertiary/aromatic N) is 8. The number of methoxy groups -OCH3 is 2. The van der Waals surface area contributed by atoms with Crippen LogP contribution >= 0.6 is 11.3 Å². The largest absolute Gasteiger partial charge is 0.481 e. The number of carbonyl (C=O) groups excluding carboxylic acids is 11. The minimum Gasteiger partial charge on any atom is -0.481 e. The first kappa shape index (κ1) is 102. The van der Waals surface area contributed by atoms with Crippen LogP contribution in [0, 0.1) is 35.5 Å². The Morgan fingerprint density at radius 1 is 0.696 bits per heavy atom. The third-order valence-corrected chi connectivity index (χ3v) is 25.1. The number of nitrogens with two attached hydrogens (primary N) is 1. The topological polar surface area (TPSA) is 395 Å². The lowest BCUT2D eigenvalue weighted by atomic mass is 9.88. The number of carboxylic acids is 1. The summed E-state index contributed by atoms with van der Waals surface area (Å²) in [6.07, 6.45) is 2.62. The molecule has 0 bridgehead atoms. The number of carboxylic acid groups (broad SMARTS) is 1. The van der Waals surface area contributed by atoms with Crippen LogP contribution in [0.3, 0.4) is 0 Å². The molecule has 11 atom stereocenters. The van der Waals surface area contributed by atoms with Crippen molar-refractivity contribution in [1.82, 2.24) is 65.8 Å². The molecular formula is C92H138N14O18S. The number of likely N-dealkylation sites (N-methyl/N-ethyl adjacent to an activating group) is 2. The summed E-state index contributed by atoms with van der Waals surface area (Å²) >= 11 is 1.47. The van der Waals surface area contributed by atoms with Gasteiger partial charge < -0.3 is 80.0 Å². The van der Waals surface area contributed by atoms with Crippen LogP contribution < -0.4 is 32.4 Å². The number of likely N-dealkylation sites (tertiary alicyclic amines) is 2. The molecule has 2 aliphatic heterocycles. The Morgan fingerprint density at radius 3 is 2.00 bits per heavy atom. The predicted molar refractivity (Wildman–Crippen MR) is 476 cm³/mol. The normalized spacial score (nSPS) is 16.2. The summed E-state index contributed by atoms with van der Waals surface area (Å²) in [7, 11) is 9.97. The van der Waals surface area contributed by atoms with Gasteiger partial charge in [-0.15, -0.1) is 11.3 Å². The fourth-order valence-corrected chi connectivity index (χ4v) is 17.5. The van der Waals surface area contributed by atoms with Gasteiger partial charge in [0.25, 0.3) is 0 Å². The quantitative estimate of drug-likeness (QED) is 0.0141. The van der Waals surface area contributed by atoms with E-state index in [1.807, 2.05) is 113 Å². The van der Waals surface area contributed by atoms with E-state index >= 15 is 4.79 Å². The molecule has 2 saturated heterocycles. The Hall–Kier alpha value is -9.77. The number of amides is 10. The van der Waals surface area contributed by atoms with Crippen LogP contribution in [-0.2, 0) is 104 Å². The SMILES string of the molecule is CC[C@H](C)[C@@H]([C@@H](CC(=O)N1CCC[C@H]1[C@H](OC)[C@@H](C)C(=O)N[C@@H](Cc1ccccc1)c1nccs1)OC)N(C)C(=O)[C@@H](NC(=O)[C@H](C(C)C)N(C)C(=O)OCc1ccc(CC(=O)[C@H](CCCNC(N)=O)NC(=O)[C@@H](CC(=O)CCC(=O)N(CCOCCOCCC(=O)O)C2CCN(C(=O)CCn3c(CN(C)NC)cc4ccccc43)CC2)C(C)C)cc1)C(C)C. The van der Waals surface area contributed by atoms with Gasteiger partial charge in [-0.3, -0.25) is 58.3 Å². The summed E-state index contributed by atoms with van der Waals surface area (Å²) in [6, 6.07) is 21.1. The number of Topliss-reactive ketones (excluding diaryl/α,β-unsaturated/α-hetero) is 2. The average Bonchev–Trinajstić information content (AvgIpc) is 1.61. The van der Waals surface area contributed by atoms with Crippen molar-refractivity contribution in [3.8, 4) is 0 Å². The molecule has 0 radical (unpaired) electrons. The van der Waals surface area contributed by atoms with Crippen molar-refractivity contribution in [1.29, 1.82) is 0 Å². The molecule has 3 aromatic carbocycles. The maximum absolute atomic E-state index is 15.0. The number of fused-ring (bicyclic) bond motifs is 1. The lowest BCUT2D eigenvalue weighted by Gasteiger charge is -2.41. The molecule has 125 heavy (non-hydrogen) atoms. The Labute approximate surface area is 741 Å². The maximum atomic E-state index is 15.0. The second-order valence-corrected chi connectivity index (χ2v) is 35.0. The molecule has 0 spiro atoms. The molecule has 33 heteroatoms. The van der Waals surface area contributed by atoms with Crippen LogP contribution in [0.15, 0.2) is 96.5 Å². The molecule has 2 aromatic heterocycles. The molecule has 2 fully saturated rings. The van der Waals surface area contributed by atoms with Gasteiger partial charge in [-0.1, -0.05) is 142 Å². The molecule has 0 saturated carbocycles. The van der Waals surface area contributed by atoms with Crippen LogP contribution in [0.25, 0.3) is 10.9 Å². The number of aromatic nitrogens is 2. The van der Waals surface area contributed by atoms with Gasteiger partial charge in [0.1, 0.15) is 29.5 Å². The highest BCUT2D eigenvalue weighted by atomic mass is 32.1. The highest BCUT2D eigenvalue weighted by Crippen LogP contribution is 2.33. The molecule has 10 amide bonds. The number of carbonyl (C=O) groups is 12. The molecule has 32 nitrogen and oxygen atoms in total. The van der Waals surface area contributed by atoms with Crippen LogP contribution in [0.1, 0.15) is 179 Å². The third kappa shape index (κ3) is 31.1. The van der Waals surface area contributed by atoms with Crippen molar-refractivity contribution in [2.24, 2.45) is 41.2 Å². The van der Waals surface area contributed by atoms with E-state index in [-0.39, 0.29) is 163 Å². The van der Waals surface area contributed by atoms with E-state index in [4.69, 9.17) is 34.5 Å². The first-order valence-corrected chi connectivity index (χ1v) is 45.0. The van der Waals surface area contributed by atoms with E-state index in [2.05, 4.69) is 48.4 Å². The van der Waals surface area contributed by atoms with Gasteiger partial charge in [0.2, 0.25) is 41.4 Å². The van der Waals surface area contributed by atoms with Crippen molar-refractivity contribution in [2.45, 2.75) is 233 Å². The van der Waals surface area contributed by atoms with Gasteiger partial charge in [0.05, 0.1) is 88.1 Å². The summed E-state index contributed by atoms with van der Waals surface area (Å²) in [5, 5.41) is 26.3. The monoisotopic (exact) mass is 1760 g/mol. The van der Waals surface area contributed by atoms with Crippen molar-refractivity contribution >= 4 is 93.3 Å². The number of aliphatic carboxylic acids is 1. The number of ether oxygens (including phenoxy) is 5. The predicted octanol–water partition coefficient (Wildman–Crippen LogP) is 8.89. The number of benzene rings is 3. The molecule has 4 heterocycles. The number of nitrogens with one attached hydrogen (secondary N) is 5. The summed E-state index contributed by atoms with van der Waals surface area (Å²) in [5.41, 5.74) is 12.8. The standard InChI is InChI=1S/C92H138N14O18S/c1-16-62(8)84(77(120-14)56-80(111)106-42-23-29-75(106)85(121-15)63(9)86(114)98-73(89-95-41-51-125-89)52-64-24-18-17-19-25-64)101(12)90(117)82(60(4)5)99-88(116)83(61(6)7)102(13)92(119)124-58-66-32-30-65(31-33-66)53-76(108)72(27-22-40-96-91(93)118)97-87(115)71(59(2)3)55-70(107)34-35-79(110)105(46-48-123-50-49-122-47-39-81(112)113)68-36-43-103(44-37-68)78(109)38-45-104-69(57-100(11)94-10)54-67-26-20-21-28-74(67)104/h17-21,24-26,28,30-33,41,51,54,59-63,68,71-73,75,77,82-85,94H,16,22-23,27,29,34-40,42-50,52-53,55-58H2,1-15H3,(H,97,115)(H,98,114)(H,99,116)(H,112,113)(H3,93,96,118)/t62-,63+,71-,72-,73-,75-,77+,82-,83-,84-,85+/m0/s1. The average molecular weight is 1760 g/mol. The third-order valence-electron chi connectivity index (χ3n) is 24.2. The number of hydrazine groups is 1. The fourth-order valence-electron chi connectivity index (χ4n) is 16.8. The number of primary amides is 1. The zero-order valence-corrected chi connectivity index (χ0v) is 76.8. The van der Waals surface area contributed by atoms with Crippen LogP contribution in [0.4, 0.5) is 9.59 Å². The number of para-hydroxylation sites is 1. The van der Waals surface area contributed by atoms with Gasteiger partial charge >= 0.3 is 18.1 Å². The highest BCUT2D eigenvalue weighted by Gasteiger charge is 2.45. The molecule has 0 unspecified atom stereocenters. The van der Waals surface area contributed by atoms with E-state index in [1.54, 1.807) is 87.0 Å². The number of hydrogen-bond donors (Lipinski definition) is 7. The Bertz CT molecular complexity index is 4280. The number of piperidine rings is 1. The van der Waals surface area contributed by atoms with Gasteiger partial charge in [0.15, 0.2) is 5.78 Å². The number of ketones is 2. The number of urea groups is 1. The van der Waals surface area contributed by atoms with E-state index in [1.165, 1.54) is 30.4 Å². The molecule has 7 rings (SSSR count). The number of aryl methyl sites for hydroxylation is 1. The lowest BCUT2D eigenvalue weighted by Crippen LogP contribution is -2.60. The summed E-state index contributed by atoms with van der Waals surface area (Å²) in [5.74, 6) is -6.96. The minimum atomic E-state index is -1.10. The first-order valence-electron chi connectivity index (χ1n) is 44.1. The van der Waals surface area contributed by atoms with E-state index < -0.39 is 102 Å². The summed E-state index contributed by atoms with van der Waals surface area (Å²) in [4.78, 5) is 179. The van der Waals surface area contributed by atoms with Crippen LogP contribution in [-0.4, -0.2) is 265 Å². The second kappa shape index (κ2) is 51.7. The van der Waals surface area contributed by atoms with Gasteiger partial charge in [-0.25, -0.2) is 19.6 Å². The van der Waals surface area contributed by atoms with Crippen LogP contribution in [0.2, 0.25) is 0 Å². The van der Waals surface area contributed by atoms with Gasteiger partial charge in [0, 0.05) is 141 Å². The van der Waals surface area contributed by atoms with Crippen molar-refractivity contribution in [2.75, 3.05) is 102 Å². The highest BCUT2D eigenvalue weighted by molar-refractivity contribution is 7.09. The summed E-state index contributed by atoms with van der Waals surface area (Å²) < 4.78 is 31.5. The Kier molecular flexibility index (Phi) is 42.4. The summed E-state index contributed by atoms with van der Waals surface area (Å²) in [6.45, 7) is 19.5. The van der Waals surface area contributed by atoms with Gasteiger partial charge in [-0.2, -0.15) is 0 Å². The molecule has 2 aliphatic rings. The molecular weight excluding hydrogens is 1620 g/mol. The number of thiazole rings is 1. The number of hydrogen-bond acceptors (Lipinski definition) is 21. The molecule has 0 aliphatic carbocycles. The fraction of sp³-hybridized carbons (Fsp3) is 0.620. The Morgan fingerprint density at radius 2 is 1.38 bits per heavy atom. The molecule has 5 aromatic rings. The Balaban J connectivity index is 0.925. The molecule has 690 valence electrons. The zero-order chi connectivity index (χ0) is 91.6. The van der Waals surface area contributed by atoms with Crippen molar-refractivity contribution in [3.63, 3.8) is 0 Å². The zero-order valence-electron chi connectivity index (χ0n) is 75.9. The number of rotatable bonds is 54.